The second-order valence-corrected chi connectivity index (χ2v) is 5.45. The zero-order valence-electron chi connectivity index (χ0n) is 12.0. The quantitative estimate of drug-likeness (QED) is 0.774. The number of ether oxygens (including phenoxy) is 1. The Labute approximate surface area is 112 Å². The number of nitrogens with one attached hydrogen (secondary N) is 1. The minimum atomic E-state index is -1.21. The highest BCUT2D eigenvalue weighted by Gasteiger charge is 2.25. The first-order chi connectivity index (χ1) is 8.51. The van der Waals surface area contributed by atoms with Gasteiger partial charge in [-0.1, -0.05) is 0 Å². The van der Waals surface area contributed by atoms with Crippen LogP contribution in [0.5, 0.6) is 0 Å². The number of hydrogen-bond donors (Lipinski definition) is 2. The van der Waals surface area contributed by atoms with Gasteiger partial charge >= 0.3 is 12.1 Å². The van der Waals surface area contributed by atoms with Gasteiger partial charge in [0.25, 0.3) is 0 Å². The number of hydrogen-bond acceptors (Lipinski definition) is 4. The van der Waals surface area contributed by atoms with E-state index < -0.39 is 30.1 Å². The third kappa shape index (κ3) is 8.87. The Hall–Kier alpha value is -1.79. The summed E-state index contributed by atoms with van der Waals surface area (Å²) in [6.45, 7) is 7.60. The number of amides is 2. The summed E-state index contributed by atoms with van der Waals surface area (Å²) in [5.74, 6) is -1.63. The van der Waals surface area contributed by atoms with Gasteiger partial charge in [-0.15, -0.1) is 0 Å². The van der Waals surface area contributed by atoms with Gasteiger partial charge in [0, 0.05) is 6.04 Å². The number of carbonyl (C=O) groups is 3. The number of nitrogens with zero attached hydrogens (tertiary/aromatic N) is 1. The molecular formula is C12H22N2O5. The average molecular weight is 274 g/mol. The summed E-state index contributed by atoms with van der Waals surface area (Å²) in [5.41, 5.74) is -0.748. The summed E-state index contributed by atoms with van der Waals surface area (Å²) in [6.07, 6.45) is -0.825. The molecule has 0 aromatic carbocycles. The van der Waals surface area contributed by atoms with Gasteiger partial charge < -0.3 is 15.2 Å². The van der Waals surface area contributed by atoms with Crippen LogP contribution < -0.4 is 5.32 Å². The van der Waals surface area contributed by atoms with Crippen LogP contribution in [0.3, 0.4) is 0 Å². The molecule has 0 radical (unpaired) electrons. The summed E-state index contributed by atoms with van der Waals surface area (Å²) >= 11 is 0. The maximum atomic E-state index is 11.8. The number of aliphatic carboxylic acids is 1. The molecule has 0 unspecified atom stereocenters. The topological polar surface area (TPSA) is 95.9 Å². The van der Waals surface area contributed by atoms with E-state index in [4.69, 9.17) is 9.84 Å². The third-order valence-electron chi connectivity index (χ3n) is 1.76. The number of carboxylic acids is 1. The SMILES string of the molecule is CC(C)NC(=O)CN(CC(=O)O)C(=O)OC(C)(C)C. The van der Waals surface area contributed by atoms with Crippen LogP contribution in [0.1, 0.15) is 34.6 Å². The molecular weight excluding hydrogens is 252 g/mol. The first kappa shape index (κ1) is 17.2. The molecule has 0 aliphatic heterocycles. The predicted molar refractivity (Wildman–Crippen MR) is 68.7 cm³/mol. The summed E-state index contributed by atoms with van der Waals surface area (Å²) in [7, 11) is 0. The molecule has 0 saturated heterocycles. The zero-order valence-corrected chi connectivity index (χ0v) is 12.0. The highest BCUT2D eigenvalue weighted by atomic mass is 16.6. The van der Waals surface area contributed by atoms with E-state index in [2.05, 4.69) is 5.32 Å². The van der Waals surface area contributed by atoms with Crippen molar-refractivity contribution in [3.8, 4) is 0 Å². The lowest BCUT2D eigenvalue weighted by Crippen LogP contribution is -2.46. The summed E-state index contributed by atoms with van der Waals surface area (Å²) < 4.78 is 5.05. The monoisotopic (exact) mass is 274 g/mol. The first-order valence-electron chi connectivity index (χ1n) is 6.00. The molecule has 0 heterocycles. The Morgan fingerprint density at radius 2 is 1.74 bits per heavy atom. The molecule has 0 spiro atoms. The molecule has 2 N–H and O–H groups in total. The van der Waals surface area contributed by atoms with E-state index in [1.165, 1.54) is 0 Å². The second kappa shape index (κ2) is 6.96. The Kier molecular flexibility index (Phi) is 6.31. The van der Waals surface area contributed by atoms with Crippen molar-refractivity contribution in [1.29, 1.82) is 0 Å². The predicted octanol–water partition coefficient (Wildman–Crippen LogP) is 0.833. The van der Waals surface area contributed by atoms with Crippen LogP contribution in [-0.4, -0.2) is 52.7 Å². The second-order valence-electron chi connectivity index (χ2n) is 5.45. The molecule has 0 aromatic rings. The molecule has 0 atom stereocenters. The van der Waals surface area contributed by atoms with E-state index in [1.54, 1.807) is 34.6 Å². The fourth-order valence-electron chi connectivity index (χ4n) is 1.22. The number of carbonyl (C=O) groups excluding carboxylic acids is 2. The number of rotatable bonds is 5. The minimum Gasteiger partial charge on any atom is -0.480 e. The van der Waals surface area contributed by atoms with Crippen molar-refractivity contribution in [3.05, 3.63) is 0 Å². The molecule has 7 nitrogen and oxygen atoms in total. The van der Waals surface area contributed by atoms with Crippen molar-refractivity contribution >= 4 is 18.0 Å². The van der Waals surface area contributed by atoms with Crippen LogP contribution in [0.15, 0.2) is 0 Å². The maximum Gasteiger partial charge on any atom is 0.411 e. The zero-order chi connectivity index (χ0) is 15.2. The third-order valence-corrected chi connectivity index (χ3v) is 1.76. The van der Waals surface area contributed by atoms with E-state index in [1.807, 2.05) is 0 Å². The average Bonchev–Trinajstić information content (AvgIpc) is 2.11. The molecule has 0 fully saturated rings. The number of carboxylic acid groups (broad SMARTS) is 1. The van der Waals surface area contributed by atoms with Gasteiger partial charge in [-0.3, -0.25) is 14.5 Å². The van der Waals surface area contributed by atoms with Crippen molar-refractivity contribution < 1.29 is 24.2 Å². The molecule has 0 saturated carbocycles. The van der Waals surface area contributed by atoms with Gasteiger partial charge in [-0.05, 0) is 34.6 Å². The molecule has 19 heavy (non-hydrogen) atoms. The molecule has 0 bridgehead atoms. The van der Waals surface area contributed by atoms with E-state index in [9.17, 15) is 14.4 Å². The van der Waals surface area contributed by atoms with Gasteiger partial charge in [0.2, 0.25) is 5.91 Å². The molecule has 7 heteroatoms. The molecule has 2 amide bonds. The van der Waals surface area contributed by atoms with Crippen LogP contribution in [0.4, 0.5) is 4.79 Å². The maximum absolute atomic E-state index is 11.8. The van der Waals surface area contributed by atoms with Crippen molar-refractivity contribution in [3.63, 3.8) is 0 Å². The van der Waals surface area contributed by atoms with E-state index in [0.29, 0.717) is 0 Å². The molecule has 0 rings (SSSR count). The lowest BCUT2D eigenvalue weighted by Gasteiger charge is -2.26. The van der Waals surface area contributed by atoms with Crippen LogP contribution in [0, 0.1) is 0 Å². The van der Waals surface area contributed by atoms with Gasteiger partial charge in [0.15, 0.2) is 0 Å². The van der Waals surface area contributed by atoms with Crippen LogP contribution in [-0.2, 0) is 14.3 Å². The van der Waals surface area contributed by atoms with Crippen LogP contribution in [0.25, 0.3) is 0 Å². The Morgan fingerprint density at radius 3 is 2.11 bits per heavy atom. The van der Waals surface area contributed by atoms with Crippen LogP contribution >= 0.6 is 0 Å². The van der Waals surface area contributed by atoms with Gasteiger partial charge in [-0.2, -0.15) is 0 Å². The van der Waals surface area contributed by atoms with Gasteiger partial charge in [-0.25, -0.2) is 4.79 Å². The van der Waals surface area contributed by atoms with Gasteiger partial charge in [0.1, 0.15) is 18.7 Å². The summed E-state index contributed by atoms with van der Waals surface area (Å²) in [5, 5.41) is 11.3. The van der Waals surface area contributed by atoms with Gasteiger partial charge in [0.05, 0.1) is 0 Å². The largest absolute Gasteiger partial charge is 0.480 e. The Morgan fingerprint density at radius 1 is 1.21 bits per heavy atom. The highest BCUT2D eigenvalue weighted by molar-refractivity contribution is 5.84. The first-order valence-corrected chi connectivity index (χ1v) is 6.00. The summed E-state index contributed by atoms with van der Waals surface area (Å²) in [6, 6.07) is -0.0854. The molecule has 0 aromatic heterocycles. The fraction of sp³-hybridized carbons (Fsp3) is 0.750. The van der Waals surface area contributed by atoms with Crippen molar-refractivity contribution in [2.24, 2.45) is 0 Å². The summed E-state index contributed by atoms with van der Waals surface area (Å²) in [4.78, 5) is 34.9. The Bertz CT molecular complexity index is 347. The minimum absolute atomic E-state index is 0.0854. The lowest BCUT2D eigenvalue weighted by molar-refractivity contribution is -0.138. The standard InChI is InChI=1S/C12H22N2O5/c1-8(2)13-9(15)6-14(7-10(16)17)11(18)19-12(3,4)5/h8H,6-7H2,1-5H3,(H,13,15)(H,16,17). The normalized spacial score (nSPS) is 11.1. The highest BCUT2D eigenvalue weighted by Crippen LogP contribution is 2.09. The van der Waals surface area contributed by atoms with Crippen molar-refractivity contribution in [1.82, 2.24) is 10.2 Å². The Balaban J connectivity index is 4.67. The van der Waals surface area contributed by atoms with E-state index in [0.717, 1.165) is 4.90 Å². The molecule has 110 valence electrons. The molecule has 0 aliphatic rings. The van der Waals surface area contributed by atoms with Crippen molar-refractivity contribution in [2.45, 2.75) is 46.3 Å². The molecule has 0 aliphatic carbocycles. The van der Waals surface area contributed by atoms with Crippen molar-refractivity contribution in [2.75, 3.05) is 13.1 Å². The smallest absolute Gasteiger partial charge is 0.411 e. The van der Waals surface area contributed by atoms with E-state index in [-0.39, 0.29) is 12.6 Å². The lowest BCUT2D eigenvalue weighted by atomic mass is 10.2. The van der Waals surface area contributed by atoms with Crippen LogP contribution in [0.2, 0.25) is 0 Å². The van der Waals surface area contributed by atoms with E-state index >= 15 is 0 Å². The fourth-order valence-corrected chi connectivity index (χ4v) is 1.22.